The van der Waals surface area contributed by atoms with E-state index < -0.39 is 4.84 Å². The van der Waals surface area contributed by atoms with Crippen molar-refractivity contribution in [3.8, 4) is 11.8 Å². The van der Waals surface area contributed by atoms with Crippen LogP contribution >= 0.6 is 23.2 Å². The van der Waals surface area contributed by atoms with E-state index in [1.165, 1.54) is 0 Å². The highest BCUT2D eigenvalue weighted by Gasteiger charge is 1.83. The molecule has 0 bridgehead atoms. The summed E-state index contributed by atoms with van der Waals surface area (Å²) in [4.78, 5) is -0.514. The Morgan fingerprint density at radius 3 is 2.29 bits per heavy atom. The second-order valence-corrected chi connectivity index (χ2v) is 2.07. The summed E-state index contributed by atoms with van der Waals surface area (Å²) in [6.45, 7) is 1.95. The van der Waals surface area contributed by atoms with Crippen LogP contribution in [0.2, 0.25) is 0 Å². The Hall–Kier alpha value is 0.140. The van der Waals surface area contributed by atoms with E-state index in [4.69, 9.17) is 23.2 Å². The van der Waals surface area contributed by atoms with Crippen molar-refractivity contribution in [3.63, 3.8) is 0 Å². The number of halogens is 2. The molecule has 0 aromatic rings. The predicted molar refractivity (Wildman–Crippen MR) is 33.6 cm³/mol. The number of alkyl halides is 2. The lowest BCUT2D eigenvalue weighted by Gasteiger charge is -1.78. The molecule has 0 unspecified atom stereocenters. The smallest absolute Gasteiger partial charge is 0.101 e. The van der Waals surface area contributed by atoms with Crippen molar-refractivity contribution < 1.29 is 0 Å². The fourth-order valence-electron chi connectivity index (χ4n) is 0.179. The van der Waals surface area contributed by atoms with Crippen LogP contribution in [0, 0.1) is 11.8 Å². The summed E-state index contributed by atoms with van der Waals surface area (Å²) in [5.41, 5.74) is 0. The largest absolute Gasteiger partial charge is 0.167 e. The first kappa shape index (κ1) is 7.14. The zero-order valence-corrected chi connectivity index (χ0v) is 5.55. The van der Waals surface area contributed by atoms with E-state index >= 15 is 0 Å². The molecule has 0 N–H and O–H groups in total. The predicted octanol–water partition coefficient (Wildman–Crippen LogP) is 2.20. The molecule has 0 saturated heterocycles. The van der Waals surface area contributed by atoms with Crippen LogP contribution in [0.3, 0.4) is 0 Å². The lowest BCUT2D eigenvalue weighted by atomic mass is 10.5. The van der Waals surface area contributed by atoms with E-state index in [0.717, 1.165) is 6.42 Å². The van der Waals surface area contributed by atoms with Gasteiger partial charge in [-0.25, -0.2) is 0 Å². The molecule has 40 valence electrons. The third-order valence-corrected chi connectivity index (χ3v) is 0.606. The molecule has 2 heteroatoms. The van der Waals surface area contributed by atoms with E-state index in [9.17, 15) is 0 Å². The molecule has 0 saturated carbocycles. The Balaban J connectivity index is 3.24. The Bertz CT molecular complexity index is 86.0. The molecule has 0 spiro atoms. The highest BCUT2D eigenvalue weighted by molar-refractivity contribution is 6.46. The minimum absolute atomic E-state index is 0.514. The van der Waals surface area contributed by atoms with E-state index in [1.54, 1.807) is 0 Å². The summed E-state index contributed by atoms with van der Waals surface area (Å²) in [7, 11) is 0. The zero-order valence-electron chi connectivity index (χ0n) is 4.04. The quantitative estimate of drug-likeness (QED) is 0.354. The first-order valence-electron chi connectivity index (χ1n) is 2.04. The summed E-state index contributed by atoms with van der Waals surface area (Å²) in [5.74, 6) is 5.31. The van der Waals surface area contributed by atoms with Crippen LogP contribution in [0.1, 0.15) is 13.3 Å². The summed E-state index contributed by atoms with van der Waals surface area (Å²) in [6.07, 6.45) is 0.815. The molecular formula is C5H6Cl2. The van der Waals surface area contributed by atoms with Crippen LogP contribution in [0.25, 0.3) is 0 Å². The molecule has 0 heterocycles. The van der Waals surface area contributed by atoms with Gasteiger partial charge in [-0.2, -0.15) is 0 Å². The van der Waals surface area contributed by atoms with Gasteiger partial charge in [-0.3, -0.25) is 0 Å². The fraction of sp³-hybridized carbons (Fsp3) is 0.600. The van der Waals surface area contributed by atoms with Gasteiger partial charge in [0.2, 0.25) is 0 Å². The Labute approximate surface area is 53.8 Å². The topological polar surface area (TPSA) is 0 Å². The first-order chi connectivity index (χ1) is 3.27. The molecular weight excluding hydrogens is 131 g/mol. The maximum absolute atomic E-state index is 5.25. The van der Waals surface area contributed by atoms with Gasteiger partial charge in [-0.05, 0) is 0 Å². The molecule has 7 heavy (non-hydrogen) atoms. The summed E-state index contributed by atoms with van der Waals surface area (Å²) < 4.78 is 0. The molecule has 0 aliphatic carbocycles. The minimum Gasteiger partial charge on any atom is -0.101 e. The first-order valence-corrected chi connectivity index (χ1v) is 2.91. The normalized spacial score (nSPS) is 8.00. The molecule has 0 nitrogen and oxygen atoms in total. The van der Waals surface area contributed by atoms with Crippen molar-refractivity contribution in [2.75, 3.05) is 0 Å². The van der Waals surface area contributed by atoms with E-state index in [2.05, 4.69) is 11.8 Å². The van der Waals surface area contributed by atoms with Crippen LogP contribution in [0.15, 0.2) is 0 Å². The van der Waals surface area contributed by atoms with Crippen molar-refractivity contribution in [1.82, 2.24) is 0 Å². The molecule has 0 atom stereocenters. The van der Waals surface area contributed by atoms with Gasteiger partial charge in [0.05, 0.1) is 0 Å². The van der Waals surface area contributed by atoms with Gasteiger partial charge in [0.1, 0.15) is 0 Å². The Morgan fingerprint density at radius 2 is 2.14 bits per heavy atom. The summed E-state index contributed by atoms with van der Waals surface area (Å²) in [5, 5.41) is 0. The lowest BCUT2D eigenvalue weighted by Crippen LogP contribution is -1.74. The molecule has 0 aliphatic rings. The number of hydrogen-bond donors (Lipinski definition) is 0. The maximum atomic E-state index is 5.25. The van der Waals surface area contributed by atoms with Crippen LogP contribution in [0.5, 0.6) is 0 Å². The average molecular weight is 137 g/mol. The molecule has 0 fully saturated rings. The second kappa shape index (κ2) is 4.30. The fourth-order valence-corrected chi connectivity index (χ4v) is 0.334. The SMILES string of the molecule is CCC#CC(Cl)Cl. The maximum Gasteiger partial charge on any atom is 0.167 e. The molecule has 0 aromatic carbocycles. The van der Waals surface area contributed by atoms with Crippen molar-refractivity contribution >= 4 is 23.2 Å². The van der Waals surface area contributed by atoms with Crippen LogP contribution < -0.4 is 0 Å². The standard InChI is InChI=1S/C5H6Cl2/c1-2-3-4-5(6)7/h5H,2H2,1H3. The zero-order chi connectivity index (χ0) is 5.70. The average Bonchev–Trinajstić information content (AvgIpc) is 1.61. The van der Waals surface area contributed by atoms with E-state index in [0.29, 0.717) is 0 Å². The third-order valence-electron chi connectivity index (χ3n) is 0.388. The second-order valence-electron chi connectivity index (χ2n) is 0.975. The molecule has 0 aromatic heterocycles. The van der Waals surface area contributed by atoms with Crippen LogP contribution in [-0.2, 0) is 0 Å². The van der Waals surface area contributed by atoms with E-state index in [-0.39, 0.29) is 0 Å². The van der Waals surface area contributed by atoms with Gasteiger partial charge < -0.3 is 0 Å². The third kappa shape index (κ3) is 6.14. The van der Waals surface area contributed by atoms with E-state index in [1.807, 2.05) is 6.92 Å². The van der Waals surface area contributed by atoms with Gasteiger partial charge >= 0.3 is 0 Å². The van der Waals surface area contributed by atoms with Crippen molar-refractivity contribution in [1.29, 1.82) is 0 Å². The Morgan fingerprint density at radius 1 is 1.57 bits per heavy atom. The van der Waals surface area contributed by atoms with Crippen molar-refractivity contribution in [3.05, 3.63) is 0 Å². The molecule has 0 rings (SSSR count). The van der Waals surface area contributed by atoms with Crippen molar-refractivity contribution in [2.24, 2.45) is 0 Å². The molecule has 0 aliphatic heterocycles. The highest BCUT2D eigenvalue weighted by atomic mass is 35.5. The number of hydrogen-bond acceptors (Lipinski definition) is 0. The van der Waals surface area contributed by atoms with Crippen molar-refractivity contribution in [2.45, 2.75) is 18.2 Å². The van der Waals surface area contributed by atoms with Crippen LogP contribution in [-0.4, -0.2) is 4.84 Å². The summed E-state index contributed by atoms with van der Waals surface area (Å²) >= 11 is 10.5. The molecule has 0 radical (unpaired) electrons. The van der Waals surface area contributed by atoms with Gasteiger partial charge in [0.15, 0.2) is 4.84 Å². The molecule has 0 amide bonds. The van der Waals surface area contributed by atoms with Crippen LogP contribution in [0.4, 0.5) is 0 Å². The van der Waals surface area contributed by atoms with Gasteiger partial charge in [-0.1, -0.05) is 36.0 Å². The number of rotatable bonds is 0. The van der Waals surface area contributed by atoms with Gasteiger partial charge in [-0.15, -0.1) is 5.92 Å². The minimum atomic E-state index is -0.514. The summed E-state index contributed by atoms with van der Waals surface area (Å²) in [6, 6.07) is 0. The lowest BCUT2D eigenvalue weighted by molar-refractivity contribution is 1.27. The van der Waals surface area contributed by atoms with Gasteiger partial charge in [0.25, 0.3) is 0 Å². The van der Waals surface area contributed by atoms with Gasteiger partial charge in [0, 0.05) is 6.42 Å². The monoisotopic (exact) mass is 136 g/mol. The Kier molecular flexibility index (Phi) is 4.39. The highest BCUT2D eigenvalue weighted by Crippen LogP contribution is 1.97.